The molecule has 1 aromatic heterocycles. The molecule has 3 aromatic carbocycles. The lowest BCUT2D eigenvalue weighted by atomic mass is 9.86. The SMILES string of the molecule is COc1c(NC(=O)c2ccc(C)c(-n3cc(C(=O)NCc4cccc(C)c4)nn3)c2)cc(C(C)(C)C)cc1NS(C)(=O)=O. The summed E-state index contributed by atoms with van der Waals surface area (Å²) >= 11 is 0. The molecule has 0 aliphatic rings. The number of benzene rings is 3. The van der Waals surface area contributed by atoms with E-state index in [4.69, 9.17) is 4.74 Å². The van der Waals surface area contributed by atoms with Gasteiger partial charge in [-0.05, 0) is 60.2 Å². The van der Waals surface area contributed by atoms with Crippen LogP contribution < -0.4 is 20.1 Å². The van der Waals surface area contributed by atoms with Gasteiger partial charge in [-0.1, -0.05) is 61.9 Å². The lowest BCUT2D eigenvalue weighted by molar-refractivity contribution is 0.0945. The Morgan fingerprint density at radius 1 is 0.977 bits per heavy atom. The first-order chi connectivity index (χ1) is 20.1. The highest BCUT2D eigenvalue weighted by Crippen LogP contribution is 2.39. The molecule has 2 amide bonds. The molecule has 0 bridgehead atoms. The predicted octanol–water partition coefficient (Wildman–Crippen LogP) is 4.74. The fourth-order valence-corrected chi connectivity index (χ4v) is 4.97. The molecule has 43 heavy (non-hydrogen) atoms. The number of methoxy groups -OCH3 is 1. The van der Waals surface area contributed by atoms with Crippen molar-refractivity contribution in [3.8, 4) is 11.4 Å². The van der Waals surface area contributed by atoms with Gasteiger partial charge in [0.2, 0.25) is 10.0 Å². The van der Waals surface area contributed by atoms with E-state index in [1.54, 1.807) is 30.3 Å². The van der Waals surface area contributed by atoms with Crippen LogP contribution in [-0.4, -0.2) is 48.6 Å². The zero-order valence-corrected chi connectivity index (χ0v) is 26.1. The molecule has 0 saturated carbocycles. The Hall–Kier alpha value is -4.71. The van der Waals surface area contributed by atoms with Gasteiger partial charge in [0.15, 0.2) is 11.4 Å². The molecule has 226 valence electrons. The Bertz CT molecular complexity index is 1790. The average molecular weight is 605 g/mol. The summed E-state index contributed by atoms with van der Waals surface area (Å²) in [5, 5.41) is 13.9. The van der Waals surface area contributed by atoms with Gasteiger partial charge in [0.05, 0.1) is 36.6 Å². The number of anilines is 2. The van der Waals surface area contributed by atoms with Crippen LogP contribution >= 0.6 is 0 Å². The minimum atomic E-state index is -3.62. The molecule has 0 atom stereocenters. The molecular formula is C31H36N6O5S. The van der Waals surface area contributed by atoms with Gasteiger partial charge in [-0.15, -0.1) is 5.10 Å². The Labute approximate surface area is 251 Å². The number of sulfonamides is 1. The van der Waals surface area contributed by atoms with Crippen molar-refractivity contribution in [3.63, 3.8) is 0 Å². The van der Waals surface area contributed by atoms with Crippen molar-refractivity contribution in [1.82, 2.24) is 20.3 Å². The molecule has 11 nitrogen and oxygen atoms in total. The topological polar surface area (TPSA) is 144 Å². The van der Waals surface area contributed by atoms with Crippen LogP contribution in [0.3, 0.4) is 0 Å². The third kappa shape index (κ3) is 7.77. The van der Waals surface area contributed by atoms with Crippen molar-refractivity contribution in [1.29, 1.82) is 0 Å². The highest BCUT2D eigenvalue weighted by Gasteiger charge is 2.23. The van der Waals surface area contributed by atoms with Crippen LogP contribution in [0.1, 0.15) is 63.9 Å². The maximum Gasteiger partial charge on any atom is 0.273 e. The van der Waals surface area contributed by atoms with Crippen molar-refractivity contribution in [3.05, 3.63) is 94.3 Å². The monoisotopic (exact) mass is 604 g/mol. The van der Waals surface area contributed by atoms with Gasteiger partial charge in [-0.3, -0.25) is 14.3 Å². The van der Waals surface area contributed by atoms with Gasteiger partial charge in [0.1, 0.15) is 0 Å². The van der Waals surface area contributed by atoms with Crippen LogP contribution in [0.15, 0.2) is 60.8 Å². The summed E-state index contributed by atoms with van der Waals surface area (Å²) in [6, 6.07) is 16.4. The lowest BCUT2D eigenvalue weighted by Gasteiger charge is -2.24. The molecule has 1 heterocycles. The van der Waals surface area contributed by atoms with Crippen LogP contribution in [0.4, 0.5) is 11.4 Å². The highest BCUT2D eigenvalue weighted by atomic mass is 32.2. The molecule has 0 spiro atoms. The van der Waals surface area contributed by atoms with Crippen molar-refractivity contribution in [2.24, 2.45) is 0 Å². The minimum absolute atomic E-state index is 0.136. The summed E-state index contributed by atoms with van der Waals surface area (Å²) < 4.78 is 33.6. The quantitative estimate of drug-likeness (QED) is 0.250. The van der Waals surface area contributed by atoms with Gasteiger partial charge in [-0.2, -0.15) is 0 Å². The molecule has 4 rings (SSSR count). The van der Waals surface area contributed by atoms with Crippen LogP contribution in [-0.2, 0) is 22.0 Å². The molecule has 0 saturated heterocycles. The lowest BCUT2D eigenvalue weighted by Crippen LogP contribution is -2.23. The van der Waals surface area contributed by atoms with E-state index in [1.165, 1.54) is 18.0 Å². The first-order valence-electron chi connectivity index (χ1n) is 13.5. The normalized spacial score (nSPS) is 11.6. The number of rotatable bonds is 9. The van der Waals surface area contributed by atoms with Crippen LogP contribution in [0.2, 0.25) is 0 Å². The van der Waals surface area contributed by atoms with Crippen LogP contribution in [0.25, 0.3) is 5.69 Å². The zero-order valence-electron chi connectivity index (χ0n) is 25.3. The largest absolute Gasteiger partial charge is 0.492 e. The van der Waals surface area contributed by atoms with E-state index in [2.05, 4.69) is 25.7 Å². The molecule has 12 heteroatoms. The number of carbonyl (C=O) groups is 2. The second kappa shape index (κ2) is 12.3. The summed E-state index contributed by atoms with van der Waals surface area (Å²) in [5.74, 6) is -0.646. The maximum absolute atomic E-state index is 13.5. The molecule has 0 radical (unpaired) electrons. The Morgan fingerprint density at radius 3 is 2.35 bits per heavy atom. The number of carbonyl (C=O) groups excluding carboxylic acids is 2. The van der Waals surface area contributed by atoms with E-state index in [-0.39, 0.29) is 28.5 Å². The molecule has 4 aromatic rings. The first kappa shape index (κ1) is 31.2. The second-order valence-electron chi connectivity index (χ2n) is 11.4. The number of nitrogens with one attached hydrogen (secondary N) is 3. The molecular weight excluding hydrogens is 568 g/mol. The number of aryl methyl sites for hydroxylation is 2. The van der Waals surface area contributed by atoms with Gasteiger partial charge in [0, 0.05) is 12.1 Å². The van der Waals surface area contributed by atoms with E-state index in [0.29, 0.717) is 23.5 Å². The molecule has 0 aliphatic carbocycles. The summed E-state index contributed by atoms with van der Waals surface area (Å²) in [6.07, 6.45) is 2.56. The molecule has 0 aliphatic heterocycles. The number of nitrogens with zero attached hydrogens (tertiary/aromatic N) is 3. The third-order valence-corrected chi connectivity index (χ3v) is 7.27. The third-order valence-electron chi connectivity index (χ3n) is 6.68. The average Bonchev–Trinajstić information content (AvgIpc) is 3.41. The summed E-state index contributed by atoms with van der Waals surface area (Å²) in [7, 11) is -2.22. The molecule has 0 unspecified atom stereocenters. The number of hydrogen-bond acceptors (Lipinski definition) is 7. The van der Waals surface area contributed by atoms with Crippen molar-refractivity contribution < 1.29 is 22.7 Å². The van der Waals surface area contributed by atoms with Gasteiger partial charge >= 0.3 is 0 Å². The summed E-state index contributed by atoms with van der Waals surface area (Å²) in [6.45, 7) is 10.1. The first-order valence-corrected chi connectivity index (χ1v) is 15.4. The van der Waals surface area contributed by atoms with Crippen LogP contribution in [0, 0.1) is 13.8 Å². The van der Waals surface area contributed by atoms with E-state index < -0.39 is 15.9 Å². The fraction of sp³-hybridized carbons (Fsp3) is 0.290. The minimum Gasteiger partial charge on any atom is -0.492 e. The molecule has 0 fully saturated rings. The number of ether oxygens (including phenoxy) is 1. The highest BCUT2D eigenvalue weighted by molar-refractivity contribution is 7.92. The smallest absolute Gasteiger partial charge is 0.273 e. The van der Waals surface area contributed by atoms with Gasteiger partial charge < -0.3 is 15.4 Å². The van der Waals surface area contributed by atoms with E-state index in [0.717, 1.165) is 28.5 Å². The zero-order chi connectivity index (χ0) is 31.5. The van der Waals surface area contributed by atoms with Gasteiger partial charge in [0.25, 0.3) is 11.8 Å². The van der Waals surface area contributed by atoms with Crippen LogP contribution in [0.5, 0.6) is 5.75 Å². The number of amides is 2. The Kier molecular flexibility index (Phi) is 8.90. The Balaban J connectivity index is 1.59. The van der Waals surface area contributed by atoms with E-state index >= 15 is 0 Å². The number of aromatic nitrogens is 3. The van der Waals surface area contributed by atoms with Crippen molar-refractivity contribution in [2.75, 3.05) is 23.4 Å². The van der Waals surface area contributed by atoms with Gasteiger partial charge in [-0.25, -0.2) is 13.1 Å². The summed E-state index contributed by atoms with van der Waals surface area (Å²) in [4.78, 5) is 26.2. The van der Waals surface area contributed by atoms with E-state index in [9.17, 15) is 18.0 Å². The fourth-order valence-electron chi connectivity index (χ4n) is 4.42. The molecule has 3 N–H and O–H groups in total. The standard InChI is InChI=1S/C31H36N6O5S/c1-19-9-8-10-21(13-19)17-32-30(39)26-18-37(36-34-26)27-14-22(12-11-20(27)2)29(38)33-24-15-23(31(3,4)5)16-25(28(24)42-6)35-43(7,40)41/h8-16,18,35H,17H2,1-7H3,(H,32,39)(H,33,38). The van der Waals surface area contributed by atoms with E-state index in [1.807, 2.05) is 58.9 Å². The maximum atomic E-state index is 13.5. The number of hydrogen-bond donors (Lipinski definition) is 3. The Morgan fingerprint density at radius 2 is 1.70 bits per heavy atom. The summed E-state index contributed by atoms with van der Waals surface area (Å²) in [5.41, 5.74) is 4.84. The van der Waals surface area contributed by atoms with Crippen molar-refractivity contribution >= 4 is 33.2 Å². The van der Waals surface area contributed by atoms with Crippen molar-refractivity contribution in [2.45, 2.75) is 46.6 Å². The second-order valence-corrected chi connectivity index (χ2v) is 13.2. The predicted molar refractivity (Wildman–Crippen MR) is 167 cm³/mol.